The SMILES string of the molecule is C[C@H](C(=O)N[C@H]1CCS(=O)(=O)C1)n1cnc2c1c(=O)n(C)c(=O)n2C. The number of hydrogen-bond acceptors (Lipinski definition) is 6. The fourth-order valence-corrected chi connectivity index (χ4v) is 4.69. The largest absolute Gasteiger partial charge is 0.351 e. The molecule has 0 saturated carbocycles. The first-order valence-corrected chi connectivity index (χ1v) is 9.58. The maximum atomic E-state index is 12.5. The quantitative estimate of drug-likeness (QED) is 0.687. The molecule has 1 N–H and O–H groups in total. The number of sulfone groups is 1. The maximum absolute atomic E-state index is 12.5. The molecule has 2 aromatic rings. The predicted octanol–water partition coefficient (Wildman–Crippen LogP) is -1.70. The van der Waals surface area contributed by atoms with Crippen LogP contribution in [-0.4, -0.2) is 50.6 Å². The molecule has 0 aromatic carbocycles. The second kappa shape index (κ2) is 5.83. The van der Waals surface area contributed by atoms with E-state index >= 15 is 0 Å². The summed E-state index contributed by atoms with van der Waals surface area (Å²) in [5.74, 6) is -0.424. The molecule has 1 aliphatic heterocycles. The van der Waals surface area contributed by atoms with Gasteiger partial charge >= 0.3 is 5.69 Å². The zero-order chi connectivity index (χ0) is 18.5. The lowest BCUT2D eigenvalue weighted by molar-refractivity contribution is -0.124. The minimum Gasteiger partial charge on any atom is -0.351 e. The van der Waals surface area contributed by atoms with Crippen molar-refractivity contribution in [3.05, 3.63) is 27.2 Å². The van der Waals surface area contributed by atoms with Crippen molar-refractivity contribution in [1.82, 2.24) is 24.0 Å². The molecule has 0 spiro atoms. The first kappa shape index (κ1) is 17.4. The van der Waals surface area contributed by atoms with E-state index in [1.54, 1.807) is 6.92 Å². The molecule has 10 nitrogen and oxygen atoms in total. The van der Waals surface area contributed by atoms with Crippen molar-refractivity contribution in [3.63, 3.8) is 0 Å². The minimum atomic E-state index is -3.10. The van der Waals surface area contributed by atoms with Gasteiger partial charge in [-0.1, -0.05) is 0 Å². The highest BCUT2D eigenvalue weighted by Gasteiger charge is 2.31. The molecule has 1 fully saturated rings. The van der Waals surface area contributed by atoms with E-state index in [2.05, 4.69) is 10.3 Å². The standard InChI is InChI=1S/C14H19N5O5S/c1-8(12(20)16-9-4-5-25(23,24)6-9)19-7-15-11-10(19)13(21)18(3)14(22)17(11)2/h7-9H,4-6H2,1-3H3,(H,16,20)/t8-,9+/m1/s1. The summed E-state index contributed by atoms with van der Waals surface area (Å²) in [6.45, 7) is 1.59. The van der Waals surface area contributed by atoms with Crippen LogP contribution in [0.5, 0.6) is 0 Å². The van der Waals surface area contributed by atoms with E-state index in [9.17, 15) is 22.8 Å². The maximum Gasteiger partial charge on any atom is 0.332 e. The Balaban J connectivity index is 1.95. The number of nitrogens with zero attached hydrogens (tertiary/aromatic N) is 4. The van der Waals surface area contributed by atoms with Crippen LogP contribution in [0.3, 0.4) is 0 Å². The van der Waals surface area contributed by atoms with Crippen molar-refractivity contribution in [2.45, 2.75) is 25.4 Å². The van der Waals surface area contributed by atoms with Gasteiger partial charge in [-0.05, 0) is 13.3 Å². The van der Waals surface area contributed by atoms with Gasteiger partial charge in [0, 0.05) is 20.1 Å². The first-order chi connectivity index (χ1) is 11.6. The van der Waals surface area contributed by atoms with E-state index in [4.69, 9.17) is 0 Å². The number of carbonyl (C=O) groups is 1. The molecular formula is C14H19N5O5S. The summed E-state index contributed by atoms with van der Waals surface area (Å²) >= 11 is 0. The third-order valence-electron chi connectivity index (χ3n) is 4.55. The molecule has 1 saturated heterocycles. The van der Waals surface area contributed by atoms with E-state index in [-0.39, 0.29) is 22.7 Å². The van der Waals surface area contributed by atoms with E-state index < -0.39 is 39.1 Å². The molecule has 1 amide bonds. The molecule has 11 heteroatoms. The van der Waals surface area contributed by atoms with Gasteiger partial charge in [0.1, 0.15) is 6.04 Å². The minimum absolute atomic E-state index is 0.0585. The normalized spacial score (nSPS) is 20.7. The van der Waals surface area contributed by atoms with Crippen LogP contribution in [0.25, 0.3) is 11.2 Å². The van der Waals surface area contributed by atoms with Crippen LogP contribution in [0.4, 0.5) is 0 Å². The summed E-state index contributed by atoms with van der Waals surface area (Å²) in [6, 6.07) is -1.21. The van der Waals surface area contributed by atoms with Gasteiger partial charge in [-0.15, -0.1) is 0 Å². The van der Waals surface area contributed by atoms with Crippen molar-refractivity contribution in [1.29, 1.82) is 0 Å². The molecule has 2 atom stereocenters. The van der Waals surface area contributed by atoms with Crippen LogP contribution in [0.15, 0.2) is 15.9 Å². The van der Waals surface area contributed by atoms with Gasteiger partial charge in [-0.2, -0.15) is 0 Å². The number of amides is 1. The van der Waals surface area contributed by atoms with Gasteiger partial charge in [-0.25, -0.2) is 18.2 Å². The summed E-state index contributed by atoms with van der Waals surface area (Å²) in [7, 11) is -0.251. The molecular weight excluding hydrogens is 350 g/mol. The molecule has 0 radical (unpaired) electrons. The summed E-state index contributed by atoms with van der Waals surface area (Å²) in [5, 5.41) is 2.70. The Morgan fingerprint density at radius 2 is 2.00 bits per heavy atom. The summed E-state index contributed by atoms with van der Waals surface area (Å²) in [5.41, 5.74) is -0.711. The van der Waals surface area contributed by atoms with Crippen molar-refractivity contribution in [2.75, 3.05) is 11.5 Å². The lowest BCUT2D eigenvalue weighted by Crippen LogP contribution is -2.41. The van der Waals surface area contributed by atoms with Crippen molar-refractivity contribution in [2.24, 2.45) is 14.1 Å². The van der Waals surface area contributed by atoms with Crippen LogP contribution in [0.1, 0.15) is 19.4 Å². The number of imidazole rings is 1. The van der Waals surface area contributed by atoms with Gasteiger partial charge in [0.05, 0.1) is 17.8 Å². The second-order valence-corrected chi connectivity index (χ2v) is 8.54. The highest BCUT2D eigenvalue weighted by atomic mass is 32.2. The fraction of sp³-hybridized carbons (Fsp3) is 0.571. The Bertz CT molecular complexity index is 1080. The van der Waals surface area contributed by atoms with E-state index in [0.717, 1.165) is 4.57 Å². The van der Waals surface area contributed by atoms with Crippen molar-refractivity contribution < 1.29 is 13.2 Å². The Hall–Kier alpha value is -2.43. The third kappa shape index (κ3) is 2.88. The van der Waals surface area contributed by atoms with E-state index in [1.807, 2.05) is 0 Å². The van der Waals surface area contributed by atoms with Gasteiger partial charge < -0.3 is 9.88 Å². The molecule has 1 aliphatic rings. The molecule has 2 aromatic heterocycles. The van der Waals surface area contributed by atoms with Crippen LogP contribution in [-0.2, 0) is 28.7 Å². The van der Waals surface area contributed by atoms with Crippen LogP contribution < -0.4 is 16.6 Å². The lowest BCUT2D eigenvalue weighted by atomic mass is 10.2. The van der Waals surface area contributed by atoms with E-state index in [1.165, 1.54) is 29.6 Å². The van der Waals surface area contributed by atoms with Crippen LogP contribution in [0, 0.1) is 0 Å². The number of aryl methyl sites for hydroxylation is 1. The molecule has 136 valence electrons. The lowest BCUT2D eigenvalue weighted by Gasteiger charge is -2.17. The molecule has 0 aliphatic carbocycles. The number of rotatable bonds is 3. The number of aromatic nitrogens is 4. The summed E-state index contributed by atoms with van der Waals surface area (Å²) in [6.07, 6.45) is 1.71. The molecule has 3 heterocycles. The molecule has 25 heavy (non-hydrogen) atoms. The predicted molar refractivity (Wildman–Crippen MR) is 90.1 cm³/mol. The smallest absolute Gasteiger partial charge is 0.332 e. The average Bonchev–Trinajstić information content (AvgIpc) is 3.13. The van der Waals surface area contributed by atoms with Crippen LogP contribution in [0.2, 0.25) is 0 Å². The summed E-state index contributed by atoms with van der Waals surface area (Å²) < 4.78 is 26.6. The Morgan fingerprint density at radius 1 is 1.32 bits per heavy atom. The Kier molecular flexibility index (Phi) is 4.06. The molecule has 0 bridgehead atoms. The highest BCUT2D eigenvalue weighted by Crippen LogP contribution is 2.16. The van der Waals surface area contributed by atoms with Gasteiger partial charge in [0.2, 0.25) is 5.91 Å². The Morgan fingerprint density at radius 3 is 2.60 bits per heavy atom. The second-order valence-electron chi connectivity index (χ2n) is 6.31. The third-order valence-corrected chi connectivity index (χ3v) is 6.32. The van der Waals surface area contributed by atoms with Gasteiger partial charge in [0.15, 0.2) is 21.0 Å². The first-order valence-electron chi connectivity index (χ1n) is 7.75. The zero-order valence-electron chi connectivity index (χ0n) is 14.1. The molecule has 3 rings (SSSR count). The monoisotopic (exact) mass is 369 g/mol. The van der Waals surface area contributed by atoms with Crippen LogP contribution >= 0.6 is 0 Å². The van der Waals surface area contributed by atoms with Crippen molar-refractivity contribution in [3.8, 4) is 0 Å². The van der Waals surface area contributed by atoms with Gasteiger partial charge in [0.25, 0.3) is 5.56 Å². The zero-order valence-corrected chi connectivity index (χ0v) is 14.9. The fourth-order valence-electron chi connectivity index (χ4n) is 3.01. The molecule has 0 unspecified atom stereocenters. The number of fused-ring (bicyclic) bond motifs is 1. The topological polar surface area (TPSA) is 125 Å². The number of carbonyl (C=O) groups excluding carboxylic acids is 1. The van der Waals surface area contributed by atoms with Gasteiger partial charge in [-0.3, -0.25) is 18.7 Å². The number of nitrogens with one attached hydrogen (secondary N) is 1. The number of hydrogen-bond donors (Lipinski definition) is 1. The highest BCUT2D eigenvalue weighted by molar-refractivity contribution is 7.91. The average molecular weight is 369 g/mol. The van der Waals surface area contributed by atoms with E-state index in [0.29, 0.717) is 6.42 Å². The Labute approximate surface area is 143 Å². The summed E-state index contributed by atoms with van der Waals surface area (Å²) in [4.78, 5) is 40.9. The van der Waals surface area contributed by atoms with Crippen molar-refractivity contribution >= 4 is 26.9 Å².